The van der Waals surface area contributed by atoms with Crippen LogP contribution in [0.3, 0.4) is 0 Å². The molecule has 5 heteroatoms. The molecule has 1 heterocycles. The normalized spacial score (nSPS) is 26.5. The molecule has 1 aliphatic rings. The molecular weight excluding hydrogens is 201 g/mol. The Kier molecular flexibility index (Phi) is 5.57. The molecule has 15 heavy (non-hydrogen) atoms. The minimum atomic E-state index is -0.802. The summed E-state index contributed by atoms with van der Waals surface area (Å²) in [6.07, 6.45) is 1.96. The highest BCUT2D eigenvalue weighted by atomic mass is 19.1. The van der Waals surface area contributed by atoms with Crippen LogP contribution in [0.15, 0.2) is 0 Å². The number of carboxylic acids is 1. The summed E-state index contributed by atoms with van der Waals surface area (Å²) in [6, 6.07) is -0.450. The summed E-state index contributed by atoms with van der Waals surface area (Å²) in [5, 5.41) is 11.7. The number of carbonyl (C=O) groups is 1. The fourth-order valence-electron chi connectivity index (χ4n) is 1.74. The Morgan fingerprint density at radius 3 is 3.07 bits per heavy atom. The van der Waals surface area contributed by atoms with E-state index in [1.54, 1.807) is 0 Å². The summed E-state index contributed by atoms with van der Waals surface area (Å²) < 4.78 is 17.0. The predicted molar refractivity (Wildman–Crippen MR) is 53.6 cm³/mol. The molecule has 2 N–H and O–H groups in total. The van der Waals surface area contributed by atoms with E-state index in [9.17, 15) is 9.18 Å². The van der Waals surface area contributed by atoms with Crippen LogP contribution in [0.1, 0.15) is 19.3 Å². The van der Waals surface area contributed by atoms with Gasteiger partial charge in [0.25, 0.3) is 0 Å². The van der Waals surface area contributed by atoms with Crippen molar-refractivity contribution in [3.8, 4) is 0 Å². The minimum Gasteiger partial charge on any atom is -0.480 e. The lowest BCUT2D eigenvalue weighted by molar-refractivity contribution is -0.140. The van der Waals surface area contributed by atoms with E-state index >= 15 is 0 Å². The molecule has 88 valence electrons. The minimum absolute atomic E-state index is 0.284. The van der Waals surface area contributed by atoms with Crippen LogP contribution in [-0.4, -0.2) is 43.6 Å². The maximum Gasteiger partial charge on any atom is 0.320 e. The van der Waals surface area contributed by atoms with E-state index in [1.807, 2.05) is 0 Å². The van der Waals surface area contributed by atoms with E-state index in [4.69, 9.17) is 9.84 Å². The van der Waals surface area contributed by atoms with Crippen molar-refractivity contribution in [1.82, 2.24) is 5.32 Å². The van der Waals surface area contributed by atoms with Gasteiger partial charge in [-0.15, -0.1) is 0 Å². The Morgan fingerprint density at radius 1 is 1.60 bits per heavy atom. The summed E-state index contributed by atoms with van der Waals surface area (Å²) in [7, 11) is 0. The fourth-order valence-corrected chi connectivity index (χ4v) is 1.74. The average Bonchev–Trinajstić information content (AvgIpc) is 2.25. The van der Waals surface area contributed by atoms with Crippen LogP contribution < -0.4 is 5.32 Å². The zero-order valence-electron chi connectivity index (χ0n) is 8.75. The molecule has 1 fully saturated rings. The second-order valence-corrected chi connectivity index (χ2v) is 3.85. The predicted octanol–water partition coefficient (Wildman–Crippen LogP) is 0.815. The molecule has 2 atom stereocenters. The number of halogens is 1. The highest BCUT2D eigenvalue weighted by Gasteiger charge is 2.26. The first-order valence-corrected chi connectivity index (χ1v) is 5.34. The number of hydrogen-bond acceptors (Lipinski definition) is 3. The fraction of sp³-hybridized carbons (Fsp3) is 0.900. The maximum absolute atomic E-state index is 11.8. The van der Waals surface area contributed by atoms with Crippen molar-refractivity contribution in [3.05, 3.63) is 0 Å². The van der Waals surface area contributed by atoms with Crippen LogP contribution in [0.2, 0.25) is 0 Å². The smallest absolute Gasteiger partial charge is 0.320 e. The van der Waals surface area contributed by atoms with Gasteiger partial charge in [0.1, 0.15) is 6.04 Å². The van der Waals surface area contributed by atoms with Gasteiger partial charge in [-0.3, -0.25) is 9.18 Å². The summed E-state index contributed by atoms with van der Waals surface area (Å²) in [5.74, 6) is -0.518. The van der Waals surface area contributed by atoms with Crippen molar-refractivity contribution in [2.75, 3.05) is 26.4 Å². The molecule has 0 aromatic heterocycles. The van der Waals surface area contributed by atoms with Gasteiger partial charge in [0, 0.05) is 13.2 Å². The first-order valence-electron chi connectivity index (χ1n) is 5.34. The van der Waals surface area contributed by atoms with Crippen LogP contribution in [0.5, 0.6) is 0 Å². The zero-order valence-corrected chi connectivity index (χ0v) is 8.75. The lowest BCUT2D eigenvalue weighted by atomic mass is 9.93. The molecule has 1 saturated heterocycles. The number of carboxylic acid groups (broad SMARTS) is 1. The summed E-state index contributed by atoms with van der Waals surface area (Å²) in [4.78, 5) is 10.7. The van der Waals surface area contributed by atoms with E-state index in [-0.39, 0.29) is 12.6 Å². The largest absolute Gasteiger partial charge is 0.480 e. The number of alkyl halides is 1. The second kappa shape index (κ2) is 6.74. The van der Waals surface area contributed by atoms with Crippen molar-refractivity contribution < 1.29 is 19.0 Å². The molecule has 0 aliphatic carbocycles. The quantitative estimate of drug-likeness (QED) is 0.649. The van der Waals surface area contributed by atoms with Gasteiger partial charge in [-0.2, -0.15) is 0 Å². The molecule has 0 aromatic rings. The van der Waals surface area contributed by atoms with Crippen LogP contribution >= 0.6 is 0 Å². The third-order valence-electron chi connectivity index (χ3n) is 2.59. The van der Waals surface area contributed by atoms with Crippen molar-refractivity contribution >= 4 is 5.97 Å². The molecule has 0 saturated carbocycles. The number of aliphatic carboxylic acids is 1. The van der Waals surface area contributed by atoms with Gasteiger partial charge in [0.05, 0.1) is 6.67 Å². The third-order valence-corrected chi connectivity index (χ3v) is 2.59. The monoisotopic (exact) mass is 219 g/mol. The van der Waals surface area contributed by atoms with Gasteiger partial charge in [-0.25, -0.2) is 0 Å². The van der Waals surface area contributed by atoms with E-state index in [0.29, 0.717) is 32.6 Å². The van der Waals surface area contributed by atoms with E-state index in [2.05, 4.69) is 5.32 Å². The highest BCUT2D eigenvalue weighted by Crippen LogP contribution is 2.16. The molecule has 0 spiro atoms. The SMILES string of the molecule is O=C(O)C1CC(COCCCF)CCN1. The maximum atomic E-state index is 11.8. The topological polar surface area (TPSA) is 58.6 Å². The molecule has 0 bridgehead atoms. The molecule has 0 radical (unpaired) electrons. The zero-order chi connectivity index (χ0) is 11.1. The number of rotatable bonds is 6. The van der Waals surface area contributed by atoms with Crippen LogP contribution in [0.25, 0.3) is 0 Å². The molecular formula is C10H18FNO3. The first kappa shape index (κ1) is 12.4. The van der Waals surface area contributed by atoms with Gasteiger partial charge < -0.3 is 15.2 Å². The second-order valence-electron chi connectivity index (χ2n) is 3.85. The van der Waals surface area contributed by atoms with Crippen molar-refractivity contribution in [2.45, 2.75) is 25.3 Å². The standard InChI is InChI=1S/C10H18FNO3/c11-3-1-5-15-7-8-2-4-12-9(6-8)10(13)14/h8-9,12H,1-7H2,(H,13,14). The van der Waals surface area contributed by atoms with Crippen LogP contribution in [0.4, 0.5) is 4.39 Å². The molecule has 1 aliphatic heterocycles. The van der Waals surface area contributed by atoms with Gasteiger partial charge in [0.2, 0.25) is 0 Å². The van der Waals surface area contributed by atoms with E-state index < -0.39 is 12.0 Å². The Morgan fingerprint density at radius 2 is 2.40 bits per heavy atom. The lowest BCUT2D eigenvalue weighted by Crippen LogP contribution is -2.44. The van der Waals surface area contributed by atoms with Gasteiger partial charge in [-0.1, -0.05) is 0 Å². The Bertz CT molecular complexity index is 201. The number of piperidine rings is 1. The molecule has 2 unspecified atom stereocenters. The first-order chi connectivity index (χ1) is 7.24. The Labute approximate surface area is 88.8 Å². The summed E-state index contributed by atoms with van der Waals surface area (Å²) >= 11 is 0. The molecule has 0 aromatic carbocycles. The van der Waals surface area contributed by atoms with Gasteiger partial charge in [0.15, 0.2) is 0 Å². The third kappa shape index (κ3) is 4.57. The lowest BCUT2D eigenvalue weighted by Gasteiger charge is -2.27. The average molecular weight is 219 g/mol. The molecule has 0 amide bonds. The molecule has 4 nitrogen and oxygen atoms in total. The van der Waals surface area contributed by atoms with Crippen LogP contribution in [0, 0.1) is 5.92 Å². The molecule has 1 rings (SSSR count). The van der Waals surface area contributed by atoms with Crippen LogP contribution in [-0.2, 0) is 9.53 Å². The summed E-state index contributed by atoms with van der Waals surface area (Å²) in [5.41, 5.74) is 0. The highest BCUT2D eigenvalue weighted by molar-refractivity contribution is 5.73. The Hall–Kier alpha value is -0.680. The van der Waals surface area contributed by atoms with E-state index in [0.717, 1.165) is 6.42 Å². The number of hydrogen-bond donors (Lipinski definition) is 2. The van der Waals surface area contributed by atoms with Gasteiger partial charge in [-0.05, 0) is 31.7 Å². The Balaban J connectivity index is 2.15. The summed E-state index contributed by atoms with van der Waals surface area (Å²) in [6.45, 7) is 1.34. The van der Waals surface area contributed by atoms with Crippen molar-refractivity contribution in [3.63, 3.8) is 0 Å². The van der Waals surface area contributed by atoms with Crippen molar-refractivity contribution in [1.29, 1.82) is 0 Å². The number of nitrogens with one attached hydrogen (secondary N) is 1. The number of ether oxygens (including phenoxy) is 1. The van der Waals surface area contributed by atoms with E-state index in [1.165, 1.54) is 0 Å². The van der Waals surface area contributed by atoms with Gasteiger partial charge >= 0.3 is 5.97 Å². The van der Waals surface area contributed by atoms with Crippen molar-refractivity contribution in [2.24, 2.45) is 5.92 Å².